The van der Waals surface area contributed by atoms with Gasteiger partial charge in [-0.2, -0.15) is 0 Å². The van der Waals surface area contributed by atoms with Crippen molar-refractivity contribution in [2.45, 2.75) is 26.8 Å². The van der Waals surface area contributed by atoms with Gasteiger partial charge in [0.2, 0.25) is 0 Å². The second kappa shape index (κ2) is 11.2. The molecule has 1 aliphatic heterocycles. The number of allylic oxidation sites excluding steroid dienone is 1. The van der Waals surface area contributed by atoms with E-state index in [-0.39, 0.29) is 17.7 Å². The molecule has 0 radical (unpaired) electrons. The summed E-state index contributed by atoms with van der Waals surface area (Å²) >= 11 is 1.19. The van der Waals surface area contributed by atoms with E-state index in [0.29, 0.717) is 32.1 Å². The largest absolute Gasteiger partial charge is 0.458 e. The zero-order valence-corrected chi connectivity index (χ0v) is 21.7. The summed E-state index contributed by atoms with van der Waals surface area (Å²) in [6.45, 7) is 7.89. The van der Waals surface area contributed by atoms with Crippen LogP contribution in [0.4, 0.5) is 0 Å². The molecule has 1 atom stereocenters. The summed E-state index contributed by atoms with van der Waals surface area (Å²) in [5.41, 5.74) is 1.63. The lowest BCUT2D eigenvalue weighted by Crippen LogP contribution is -2.39. The smallest absolute Gasteiger partial charge is 0.338 e. The van der Waals surface area contributed by atoms with E-state index in [0.717, 1.165) is 5.56 Å². The maximum Gasteiger partial charge on any atom is 0.338 e. The van der Waals surface area contributed by atoms with Crippen molar-refractivity contribution in [1.82, 2.24) is 4.57 Å². The number of hydrogen-bond acceptors (Lipinski definition) is 9. The van der Waals surface area contributed by atoms with E-state index in [4.69, 9.17) is 14.2 Å². The lowest BCUT2D eigenvalue weighted by Gasteiger charge is -2.24. The monoisotopic (exact) mass is 532 g/mol. The average Bonchev–Trinajstić information content (AvgIpc) is 3.17. The number of rotatable bonds is 7. The number of aromatic nitrogens is 1. The van der Waals surface area contributed by atoms with Crippen LogP contribution in [0.5, 0.6) is 11.5 Å². The summed E-state index contributed by atoms with van der Waals surface area (Å²) in [7, 11) is 0. The molecule has 1 aliphatic rings. The van der Waals surface area contributed by atoms with Gasteiger partial charge in [0.15, 0.2) is 4.80 Å². The first kappa shape index (κ1) is 26.5. The van der Waals surface area contributed by atoms with Crippen LogP contribution in [0.15, 0.2) is 82.2 Å². The fraction of sp³-hybridized carbons (Fsp3) is 0.179. The first-order chi connectivity index (χ1) is 18.2. The molecule has 0 saturated carbocycles. The molecule has 0 fully saturated rings. The Bertz CT molecular complexity index is 1630. The van der Waals surface area contributed by atoms with Crippen LogP contribution in [0.25, 0.3) is 6.08 Å². The first-order valence-electron chi connectivity index (χ1n) is 11.6. The number of nitrogens with zero attached hydrogens (tertiary/aromatic N) is 2. The lowest BCUT2D eigenvalue weighted by molar-refractivity contribution is -0.138. The number of thiazole rings is 1. The van der Waals surface area contributed by atoms with E-state index >= 15 is 0 Å². The van der Waals surface area contributed by atoms with Gasteiger partial charge < -0.3 is 14.2 Å². The van der Waals surface area contributed by atoms with Gasteiger partial charge in [0.1, 0.15) is 18.1 Å². The van der Waals surface area contributed by atoms with Crippen molar-refractivity contribution in [3.63, 3.8) is 0 Å². The van der Waals surface area contributed by atoms with Crippen LogP contribution in [0.1, 0.15) is 37.9 Å². The maximum absolute atomic E-state index is 13.7. The van der Waals surface area contributed by atoms with Crippen LogP contribution in [0.3, 0.4) is 0 Å². The molecule has 38 heavy (non-hydrogen) atoms. The molecule has 1 aromatic heterocycles. The van der Waals surface area contributed by atoms with Crippen molar-refractivity contribution in [1.29, 1.82) is 0 Å². The van der Waals surface area contributed by atoms with E-state index < -0.39 is 23.9 Å². The standard InChI is InChI=1S/C28H24N2O7S/c1-5-14-35-27(34)24-16(2)29-28-30(25(24)20-8-12-22(13-9-20)37-18(4)32)26(33)23(38-28)15-19-6-10-21(11-7-19)36-17(3)31/h5-13,15,25H,1,14H2,2-4H3/b23-15-/t25-/m0/s1. The summed E-state index contributed by atoms with van der Waals surface area (Å²) in [5.74, 6) is -0.773. The molecule has 0 amide bonds. The summed E-state index contributed by atoms with van der Waals surface area (Å²) in [6, 6.07) is 12.5. The normalized spacial score (nSPS) is 14.8. The van der Waals surface area contributed by atoms with Crippen molar-refractivity contribution in [3.05, 3.63) is 103 Å². The Labute approximate surface area is 221 Å². The number of carbonyl (C=O) groups excluding carboxylic acids is 3. The molecule has 0 saturated heterocycles. The van der Waals surface area contributed by atoms with Crippen molar-refractivity contribution < 1.29 is 28.6 Å². The number of benzene rings is 2. The van der Waals surface area contributed by atoms with Gasteiger partial charge in [-0.3, -0.25) is 19.0 Å². The Morgan fingerprint density at radius 3 is 2.13 bits per heavy atom. The third-order valence-corrected chi connectivity index (χ3v) is 6.45. The lowest BCUT2D eigenvalue weighted by atomic mass is 9.96. The molecule has 0 bridgehead atoms. The highest BCUT2D eigenvalue weighted by molar-refractivity contribution is 7.07. The third kappa shape index (κ3) is 5.70. The molecule has 3 aromatic rings. The summed E-state index contributed by atoms with van der Waals surface area (Å²) < 4.78 is 17.4. The number of esters is 3. The van der Waals surface area contributed by atoms with Gasteiger partial charge in [-0.1, -0.05) is 48.3 Å². The number of ether oxygens (including phenoxy) is 3. The Kier molecular flexibility index (Phi) is 7.82. The Balaban J connectivity index is 1.83. The highest BCUT2D eigenvalue weighted by atomic mass is 32.1. The van der Waals surface area contributed by atoms with Crippen molar-refractivity contribution >= 4 is 35.3 Å². The predicted molar refractivity (Wildman–Crippen MR) is 140 cm³/mol. The zero-order chi connectivity index (χ0) is 27.4. The number of fused-ring (bicyclic) bond motifs is 1. The molecule has 4 rings (SSSR count). The van der Waals surface area contributed by atoms with E-state index in [1.54, 1.807) is 61.5 Å². The Hall–Kier alpha value is -4.57. The van der Waals surface area contributed by atoms with Crippen LogP contribution in [0, 0.1) is 0 Å². The molecule has 0 unspecified atom stereocenters. The second-order valence-corrected chi connectivity index (χ2v) is 9.30. The van der Waals surface area contributed by atoms with Gasteiger partial charge >= 0.3 is 17.9 Å². The SMILES string of the molecule is C=CCOC(=O)C1=C(C)N=c2s/c(=C\c3ccc(OC(C)=O)cc3)c(=O)n2[C@H]1c1ccc(OC(C)=O)cc1. The number of carbonyl (C=O) groups is 3. The molecule has 10 heteroatoms. The molecular weight excluding hydrogens is 508 g/mol. The molecule has 9 nitrogen and oxygen atoms in total. The van der Waals surface area contributed by atoms with E-state index in [1.807, 2.05) is 0 Å². The summed E-state index contributed by atoms with van der Waals surface area (Å²) in [4.78, 5) is 54.2. The minimum atomic E-state index is -0.816. The second-order valence-electron chi connectivity index (χ2n) is 8.29. The first-order valence-corrected chi connectivity index (χ1v) is 12.4. The Morgan fingerprint density at radius 1 is 1.00 bits per heavy atom. The van der Waals surface area contributed by atoms with E-state index in [1.165, 1.54) is 35.8 Å². The van der Waals surface area contributed by atoms with Crippen LogP contribution >= 0.6 is 11.3 Å². The maximum atomic E-state index is 13.7. The van der Waals surface area contributed by atoms with Crippen LogP contribution in [0.2, 0.25) is 0 Å². The highest BCUT2D eigenvalue weighted by Crippen LogP contribution is 2.31. The van der Waals surface area contributed by atoms with Crippen molar-refractivity contribution in [3.8, 4) is 11.5 Å². The fourth-order valence-electron chi connectivity index (χ4n) is 3.94. The minimum Gasteiger partial charge on any atom is -0.458 e. The molecule has 0 N–H and O–H groups in total. The molecule has 0 aliphatic carbocycles. The van der Waals surface area contributed by atoms with Gasteiger partial charge in [0.05, 0.1) is 21.8 Å². The van der Waals surface area contributed by atoms with Crippen LogP contribution in [-0.4, -0.2) is 29.1 Å². The Morgan fingerprint density at radius 2 is 1.58 bits per heavy atom. The van der Waals surface area contributed by atoms with Gasteiger partial charge in [0.25, 0.3) is 5.56 Å². The van der Waals surface area contributed by atoms with Gasteiger partial charge in [-0.05, 0) is 48.4 Å². The van der Waals surface area contributed by atoms with Gasteiger partial charge in [-0.15, -0.1) is 0 Å². The van der Waals surface area contributed by atoms with Crippen molar-refractivity contribution in [2.75, 3.05) is 6.61 Å². The van der Waals surface area contributed by atoms with E-state index in [2.05, 4.69) is 11.6 Å². The van der Waals surface area contributed by atoms with Gasteiger partial charge in [-0.25, -0.2) is 9.79 Å². The molecule has 2 aromatic carbocycles. The molecule has 0 spiro atoms. The molecular formula is C28H24N2O7S. The third-order valence-electron chi connectivity index (χ3n) is 5.47. The quantitative estimate of drug-likeness (QED) is 0.261. The fourth-order valence-corrected chi connectivity index (χ4v) is 4.99. The molecule has 194 valence electrons. The average molecular weight is 533 g/mol. The molecule has 2 heterocycles. The van der Waals surface area contributed by atoms with E-state index in [9.17, 15) is 19.2 Å². The van der Waals surface area contributed by atoms with Crippen molar-refractivity contribution in [2.24, 2.45) is 4.99 Å². The van der Waals surface area contributed by atoms with Gasteiger partial charge in [0, 0.05) is 13.8 Å². The summed E-state index contributed by atoms with van der Waals surface area (Å²) in [5, 5.41) is 0. The van der Waals surface area contributed by atoms with Crippen LogP contribution < -0.4 is 24.4 Å². The number of hydrogen-bond donors (Lipinski definition) is 0. The predicted octanol–water partition coefficient (Wildman–Crippen LogP) is 2.82. The summed E-state index contributed by atoms with van der Waals surface area (Å²) in [6.07, 6.45) is 3.16. The topological polar surface area (TPSA) is 113 Å². The minimum absolute atomic E-state index is 0.00147. The zero-order valence-electron chi connectivity index (χ0n) is 20.9. The highest BCUT2D eigenvalue weighted by Gasteiger charge is 2.33. The van der Waals surface area contributed by atoms with Crippen LogP contribution in [-0.2, 0) is 19.1 Å².